The van der Waals surface area contributed by atoms with Gasteiger partial charge in [0.2, 0.25) is 0 Å². The largest absolute Gasteiger partial charge is 0.494 e. The molecule has 0 radical (unpaired) electrons. The first-order chi connectivity index (χ1) is 17.6. The lowest BCUT2D eigenvalue weighted by Gasteiger charge is -2.35. The van der Waals surface area contributed by atoms with E-state index >= 15 is 0 Å². The predicted molar refractivity (Wildman–Crippen MR) is 152 cm³/mol. The van der Waals surface area contributed by atoms with E-state index in [0.29, 0.717) is 25.0 Å². The minimum Gasteiger partial charge on any atom is -0.494 e. The molecule has 1 aliphatic heterocycles. The Labute approximate surface area is 224 Å². The lowest BCUT2D eigenvalue weighted by molar-refractivity contribution is 0.0952. The van der Waals surface area contributed by atoms with Crippen LogP contribution in [0.25, 0.3) is 10.1 Å². The minimum absolute atomic E-state index is 0.0140. The highest BCUT2D eigenvalue weighted by molar-refractivity contribution is 7.85. The zero-order valence-corrected chi connectivity index (χ0v) is 23.4. The van der Waals surface area contributed by atoms with Gasteiger partial charge in [-0.3, -0.25) is 14.2 Å². The molecule has 0 spiro atoms. The topological polar surface area (TPSA) is 99.2 Å². The number of carbonyl (C=O) groups excluding carboxylic acids is 1. The van der Waals surface area contributed by atoms with Crippen LogP contribution < -0.4 is 15.0 Å². The Bertz CT molecular complexity index is 1240. The van der Waals surface area contributed by atoms with Crippen molar-refractivity contribution >= 4 is 43.1 Å². The summed E-state index contributed by atoms with van der Waals surface area (Å²) in [5.74, 6) is 0.784. The molecule has 0 bridgehead atoms. The number of thiophene rings is 1. The molecule has 1 aromatic heterocycles. The predicted octanol–water partition coefficient (Wildman–Crippen LogP) is 4.44. The number of ether oxygens (including phenoxy) is 1. The summed E-state index contributed by atoms with van der Waals surface area (Å²) in [5.41, 5.74) is 3.40. The number of benzene rings is 2. The van der Waals surface area contributed by atoms with E-state index in [0.717, 1.165) is 51.3 Å². The summed E-state index contributed by atoms with van der Waals surface area (Å²) in [6, 6.07) is 14.1. The van der Waals surface area contributed by atoms with Gasteiger partial charge in [0, 0.05) is 53.8 Å². The summed E-state index contributed by atoms with van der Waals surface area (Å²) >= 11 is 1.85. The van der Waals surface area contributed by atoms with Crippen LogP contribution in [-0.2, 0) is 10.1 Å². The SMILES string of the molecule is CCOc1ccc(C(=O)NCCCCN2CCN(c3csc4cc(C)ccc34)CC2)cc1.CS(=O)(=O)O. The quantitative estimate of drug-likeness (QED) is 0.302. The van der Waals surface area contributed by atoms with Crippen LogP contribution in [0.15, 0.2) is 47.8 Å². The van der Waals surface area contributed by atoms with Crippen molar-refractivity contribution in [1.82, 2.24) is 10.2 Å². The highest BCUT2D eigenvalue weighted by atomic mass is 32.2. The summed E-state index contributed by atoms with van der Waals surface area (Å²) < 4.78 is 32.7. The van der Waals surface area contributed by atoms with Gasteiger partial charge in [0.1, 0.15) is 5.75 Å². The lowest BCUT2D eigenvalue weighted by Crippen LogP contribution is -2.46. The number of anilines is 1. The van der Waals surface area contributed by atoms with E-state index in [1.54, 1.807) is 0 Å². The third kappa shape index (κ3) is 9.62. The van der Waals surface area contributed by atoms with Gasteiger partial charge in [-0.05, 0) is 69.1 Å². The first-order valence-corrected chi connectivity index (χ1v) is 15.3. The van der Waals surface area contributed by atoms with E-state index < -0.39 is 10.1 Å². The second-order valence-corrected chi connectivity index (χ2v) is 11.5. The van der Waals surface area contributed by atoms with E-state index in [1.807, 2.05) is 42.5 Å². The van der Waals surface area contributed by atoms with Gasteiger partial charge in [0.25, 0.3) is 16.0 Å². The van der Waals surface area contributed by atoms with Gasteiger partial charge >= 0.3 is 0 Å². The standard InChI is InChI=1S/C26H33N3O2S.CH4O3S/c1-3-31-22-9-7-21(8-10-22)26(30)27-12-4-5-13-28-14-16-29(17-15-28)24-19-32-25-18-20(2)6-11-23(24)25;1-5(2,3)4/h6-11,18-19H,3-5,12-17H2,1-2H3,(H,27,30);1H3,(H,2,3,4). The van der Waals surface area contributed by atoms with Crippen molar-refractivity contribution in [3.63, 3.8) is 0 Å². The lowest BCUT2D eigenvalue weighted by atomic mass is 10.1. The Hall–Kier alpha value is -2.66. The summed E-state index contributed by atoms with van der Waals surface area (Å²) in [7, 11) is -3.67. The van der Waals surface area contributed by atoms with E-state index in [4.69, 9.17) is 9.29 Å². The molecule has 0 unspecified atom stereocenters. The van der Waals surface area contributed by atoms with Crippen LogP contribution in [0.2, 0.25) is 0 Å². The summed E-state index contributed by atoms with van der Waals surface area (Å²) in [5, 5.41) is 6.73. The monoisotopic (exact) mass is 547 g/mol. The normalized spacial score (nSPS) is 14.2. The number of amides is 1. The van der Waals surface area contributed by atoms with Gasteiger partial charge in [-0.15, -0.1) is 11.3 Å². The fourth-order valence-corrected chi connectivity index (χ4v) is 5.28. The Morgan fingerprint density at radius 3 is 2.41 bits per heavy atom. The van der Waals surface area contributed by atoms with Crippen LogP contribution in [0.3, 0.4) is 0 Å². The highest BCUT2D eigenvalue weighted by Gasteiger charge is 2.19. The van der Waals surface area contributed by atoms with Crippen LogP contribution in [-0.4, -0.2) is 75.9 Å². The molecular formula is C27H37N3O5S2. The smallest absolute Gasteiger partial charge is 0.261 e. The van der Waals surface area contributed by atoms with Gasteiger partial charge in [-0.2, -0.15) is 8.42 Å². The zero-order valence-electron chi connectivity index (χ0n) is 21.8. The van der Waals surface area contributed by atoms with Gasteiger partial charge in [0.15, 0.2) is 0 Å². The maximum Gasteiger partial charge on any atom is 0.261 e. The van der Waals surface area contributed by atoms with Gasteiger partial charge in [0.05, 0.1) is 18.6 Å². The molecule has 1 saturated heterocycles. The highest BCUT2D eigenvalue weighted by Crippen LogP contribution is 2.34. The van der Waals surface area contributed by atoms with Crippen LogP contribution in [0.5, 0.6) is 5.75 Å². The Balaban J connectivity index is 0.000000695. The van der Waals surface area contributed by atoms with Crippen molar-refractivity contribution in [2.45, 2.75) is 26.7 Å². The molecule has 0 atom stereocenters. The van der Waals surface area contributed by atoms with Crippen LogP contribution in [0.4, 0.5) is 5.69 Å². The number of aryl methyl sites for hydroxylation is 1. The number of unbranched alkanes of at least 4 members (excludes halogenated alkanes) is 1. The molecule has 2 aromatic carbocycles. The van der Waals surface area contributed by atoms with Crippen LogP contribution >= 0.6 is 11.3 Å². The summed E-state index contributed by atoms with van der Waals surface area (Å²) in [6.45, 7) is 10.9. The van der Waals surface area contributed by atoms with Crippen molar-refractivity contribution in [2.75, 3.05) is 57.0 Å². The average molecular weight is 548 g/mol. The molecule has 0 aliphatic carbocycles. The molecule has 0 saturated carbocycles. The molecule has 10 heteroatoms. The fourth-order valence-electron chi connectivity index (χ4n) is 4.21. The molecule has 3 aromatic rings. The number of hydrogen-bond acceptors (Lipinski definition) is 7. The van der Waals surface area contributed by atoms with Gasteiger partial charge in [-0.25, -0.2) is 0 Å². The third-order valence-electron chi connectivity index (χ3n) is 6.04. The molecule has 2 N–H and O–H groups in total. The third-order valence-corrected chi connectivity index (χ3v) is 6.97. The number of rotatable bonds is 9. The average Bonchev–Trinajstić information content (AvgIpc) is 3.27. The zero-order chi connectivity index (χ0) is 26.8. The van der Waals surface area contributed by atoms with Crippen LogP contribution in [0.1, 0.15) is 35.7 Å². The van der Waals surface area contributed by atoms with Crippen molar-refractivity contribution in [1.29, 1.82) is 0 Å². The second kappa shape index (κ2) is 13.8. The molecule has 4 rings (SSSR count). The van der Waals surface area contributed by atoms with Crippen molar-refractivity contribution in [3.05, 3.63) is 59.0 Å². The molecule has 1 amide bonds. The number of fused-ring (bicyclic) bond motifs is 1. The maximum absolute atomic E-state index is 12.3. The molecule has 202 valence electrons. The van der Waals surface area contributed by atoms with Gasteiger partial charge in [-0.1, -0.05) is 12.1 Å². The molecular weight excluding hydrogens is 510 g/mol. The maximum atomic E-state index is 12.3. The summed E-state index contributed by atoms with van der Waals surface area (Å²) in [4.78, 5) is 17.3. The second-order valence-electron chi connectivity index (χ2n) is 9.10. The van der Waals surface area contributed by atoms with Crippen molar-refractivity contribution < 1.29 is 22.5 Å². The Morgan fingerprint density at radius 1 is 1.08 bits per heavy atom. The Kier molecular flexibility index (Phi) is 10.7. The molecule has 37 heavy (non-hydrogen) atoms. The van der Waals surface area contributed by atoms with Crippen LogP contribution in [0, 0.1) is 6.92 Å². The van der Waals surface area contributed by atoms with E-state index in [9.17, 15) is 13.2 Å². The molecule has 1 fully saturated rings. The number of carbonyl (C=O) groups is 1. The number of piperazine rings is 1. The molecule has 2 heterocycles. The van der Waals surface area contributed by atoms with E-state index in [-0.39, 0.29) is 5.91 Å². The first kappa shape index (κ1) is 28.9. The van der Waals surface area contributed by atoms with Crippen molar-refractivity contribution in [3.8, 4) is 5.75 Å². The van der Waals surface area contributed by atoms with Gasteiger partial charge < -0.3 is 15.0 Å². The van der Waals surface area contributed by atoms with Crippen molar-refractivity contribution in [2.24, 2.45) is 0 Å². The Morgan fingerprint density at radius 2 is 1.76 bits per heavy atom. The first-order valence-electron chi connectivity index (χ1n) is 12.5. The van der Waals surface area contributed by atoms with E-state index in [1.165, 1.54) is 21.3 Å². The summed E-state index contributed by atoms with van der Waals surface area (Å²) in [6.07, 6.45) is 2.81. The fraction of sp³-hybridized carbons (Fsp3) is 0.444. The molecule has 8 nitrogen and oxygen atoms in total. The minimum atomic E-state index is -3.67. The van der Waals surface area contributed by atoms with E-state index in [2.05, 4.69) is 45.6 Å². The molecule has 1 aliphatic rings. The number of nitrogens with zero attached hydrogens (tertiary/aromatic N) is 2. The number of hydrogen-bond donors (Lipinski definition) is 2. The number of nitrogens with one attached hydrogen (secondary N) is 1.